The fourth-order valence-corrected chi connectivity index (χ4v) is 0.913. The average Bonchev–Trinajstić information content (AvgIpc) is 1.86. The maximum atomic E-state index is 8.82. The highest BCUT2D eigenvalue weighted by Crippen LogP contribution is 2.31. The SMILES string of the molecule is C=CC(O)(O)SC(O)(O)C=C. The van der Waals surface area contributed by atoms with Crippen LogP contribution in [-0.4, -0.2) is 30.7 Å². The van der Waals surface area contributed by atoms with Crippen molar-refractivity contribution in [3.63, 3.8) is 0 Å². The average molecular weight is 178 g/mol. The van der Waals surface area contributed by atoms with Crippen LogP contribution in [0, 0.1) is 0 Å². The number of hydrogen-bond acceptors (Lipinski definition) is 5. The van der Waals surface area contributed by atoms with Gasteiger partial charge in [-0.05, 0) is 23.9 Å². The maximum absolute atomic E-state index is 8.82. The molecule has 0 spiro atoms. The first-order valence-corrected chi connectivity index (χ1v) is 3.51. The van der Waals surface area contributed by atoms with Crippen molar-refractivity contribution in [2.24, 2.45) is 0 Å². The summed E-state index contributed by atoms with van der Waals surface area (Å²) in [4.78, 5) is 0. The van der Waals surface area contributed by atoms with Crippen LogP contribution in [0.2, 0.25) is 0 Å². The summed E-state index contributed by atoms with van der Waals surface area (Å²) in [5.41, 5.74) is 0. The lowest BCUT2D eigenvalue weighted by molar-refractivity contribution is -0.0648. The summed E-state index contributed by atoms with van der Waals surface area (Å²) in [6.07, 6.45) is 1.53. The fraction of sp³-hybridized carbons (Fsp3) is 0.333. The summed E-state index contributed by atoms with van der Waals surface area (Å²) >= 11 is 0.0903. The van der Waals surface area contributed by atoms with Crippen LogP contribution in [-0.2, 0) is 0 Å². The molecule has 0 bridgehead atoms. The van der Waals surface area contributed by atoms with Crippen LogP contribution in [0.15, 0.2) is 25.3 Å². The molecule has 0 aromatic rings. The van der Waals surface area contributed by atoms with Gasteiger partial charge in [0.05, 0.1) is 0 Å². The molecule has 0 amide bonds. The van der Waals surface area contributed by atoms with Gasteiger partial charge in [0, 0.05) is 0 Å². The minimum atomic E-state index is -2.36. The Kier molecular flexibility index (Phi) is 3.28. The second-order valence-electron chi connectivity index (χ2n) is 1.83. The molecule has 4 nitrogen and oxygen atoms in total. The van der Waals surface area contributed by atoms with E-state index in [-0.39, 0.29) is 11.8 Å². The van der Waals surface area contributed by atoms with Crippen molar-refractivity contribution in [1.82, 2.24) is 0 Å². The van der Waals surface area contributed by atoms with Crippen molar-refractivity contribution in [3.8, 4) is 0 Å². The molecule has 0 rings (SSSR count). The molecule has 0 heterocycles. The molecule has 4 N–H and O–H groups in total. The van der Waals surface area contributed by atoms with E-state index in [2.05, 4.69) is 13.2 Å². The normalized spacial score (nSPS) is 12.7. The van der Waals surface area contributed by atoms with Crippen molar-refractivity contribution in [3.05, 3.63) is 25.3 Å². The topological polar surface area (TPSA) is 80.9 Å². The van der Waals surface area contributed by atoms with Gasteiger partial charge in [0.25, 0.3) is 0 Å². The van der Waals surface area contributed by atoms with Gasteiger partial charge in [-0.2, -0.15) is 0 Å². The lowest BCUT2D eigenvalue weighted by Gasteiger charge is -2.23. The van der Waals surface area contributed by atoms with E-state index in [0.29, 0.717) is 0 Å². The number of thioether (sulfide) groups is 1. The van der Waals surface area contributed by atoms with Gasteiger partial charge < -0.3 is 20.4 Å². The van der Waals surface area contributed by atoms with Crippen LogP contribution < -0.4 is 0 Å². The molecule has 0 aromatic carbocycles. The lowest BCUT2D eigenvalue weighted by atomic mass is 10.6. The van der Waals surface area contributed by atoms with Gasteiger partial charge in [-0.1, -0.05) is 13.2 Å². The zero-order valence-electron chi connectivity index (χ0n) is 5.77. The van der Waals surface area contributed by atoms with Crippen LogP contribution in [0.1, 0.15) is 0 Å². The van der Waals surface area contributed by atoms with E-state index in [1.54, 1.807) is 0 Å². The highest BCUT2D eigenvalue weighted by atomic mass is 32.2. The second-order valence-corrected chi connectivity index (χ2v) is 3.23. The Balaban J connectivity index is 4.23. The zero-order valence-corrected chi connectivity index (χ0v) is 6.58. The summed E-state index contributed by atoms with van der Waals surface area (Å²) in [6, 6.07) is 0. The smallest absolute Gasteiger partial charge is 0.238 e. The predicted octanol–water partition coefficient (Wildman–Crippen LogP) is -0.632. The second kappa shape index (κ2) is 3.38. The van der Waals surface area contributed by atoms with Gasteiger partial charge in [-0.3, -0.25) is 0 Å². The Bertz CT molecular complexity index is 146. The van der Waals surface area contributed by atoms with Crippen LogP contribution in [0.3, 0.4) is 0 Å². The molecule has 11 heavy (non-hydrogen) atoms. The van der Waals surface area contributed by atoms with E-state index in [9.17, 15) is 0 Å². The summed E-state index contributed by atoms with van der Waals surface area (Å²) in [7, 11) is 0. The molecule has 0 saturated carbocycles. The van der Waals surface area contributed by atoms with Crippen LogP contribution in [0.25, 0.3) is 0 Å². The fourth-order valence-electron chi connectivity index (χ4n) is 0.304. The molecule has 0 aliphatic carbocycles. The Hall–Kier alpha value is -0.330. The van der Waals surface area contributed by atoms with Gasteiger partial charge in [-0.15, -0.1) is 0 Å². The molecule has 5 heteroatoms. The van der Waals surface area contributed by atoms with Crippen molar-refractivity contribution in [2.45, 2.75) is 10.2 Å². The number of rotatable bonds is 4. The molecule has 0 aliphatic rings. The summed E-state index contributed by atoms with van der Waals surface area (Å²) < 4.78 is 0. The van der Waals surface area contributed by atoms with Crippen LogP contribution in [0.5, 0.6) is 0 Å². The van der Waals surface area contributed by atoms with Crippen molar-refractivity contribution < 1.29 is 20.4 Å². The minimum Gasteiger partial charge on any atom is -0.354 e. The summed E-state index contributed by atoms with van der Waals surface area (Å²) in [5.74, 6) is 0. The van der Waals surface area contributed by atoms with E-state index in [0.717, 1.165) is 12.2 Å². The molecule has 0 fully saturated rings. The molecule has 0 radical (unpaired) electrons. The first kappa shape index (κ1) is 10.7. The molecule has 0 atom stereocenters. The first-order chi connectivity index (χ1) is 4.83. The highest BCUT2D eigenvalue weighted by molar-refractivity contribution is 8.01. The third-order valence-electron chi connectivity index (χ3n) is 0.832. The van der Waals surface area contributed by atoms with Crippen LogP contribution >= 0.6 is 11.8 Å². The highest BCUT2D eigenvalue weighted by Gasteiger charge is 2.32. The molecule has 0 saturated heterocycles. The van der Waals surface area contributed by atoms with E-state index in [1.807, 2.05) is 0 Å². The lowest BCUT2D eigenvalue weighted by Crippen LogP contribution is -2.31. The first-order valence-electron chi connectivity index (χ1n) is 2.70. The summed E-state index contributed by atoms with van der Waals surface area (Å²) in [5, 5.41) is 30.6. The van der Waals surface area contributed by atoms with Gasteiger partial charge >= 0.3 is 0 Å². The predicted molar refractivity (Wildman–Crippen MR) is 42.3 cm³/mol. The van der Waals surface area contributed by atoms with E-state index in [1.165, 1.54) is 0 Å². The monoisotopic (exact) mass is 178 g/mol. The Morgan fingerprint density at radius 1 is 0.909 bits per heavy atom. The molecular formula is C6H10O4S. The van der Waals surface area contributed by atoms with E-state index in [4.69, 9.17) is 20.4 Å². The Labute approximate surface area is 68.5 Å². The Morgan fingerprint density at radius 3 is 1.36 bits per heavy atom. The molecule has 64 valence electrons. The van der Waals surface area contributed by atoms with Crippen molar-refractivity contribution >= 4 is 11.8 Å². The van der Waals surface area contributed by atoms with Gasteiger partial charge in [0.15, 0.2) is 0 Å². The largest absolute Gasteiger partial charge is 0.354 e. The molecule has 0 aromatic heterocycles. The van der Waals surface area contributed by atoms with Gasteiger partial charge in [0.1, 0.15) is 0 Å². The number of aliphatic hydroxyl groups is 4. The number of hydrogen-bond donors (Lipinski definition) is 4. The molecule has 0 unspecified atom stereocenters. The van der Waals surface area contributed by atoms with E-state index < -0.39 is 10.2 Å². The zero-order chi connectivity index (χ0) is 9.12. The van der Waals surface area contributed by atoms with Gasteiger partial charge in [-0.25, -0.2) is 0 Å². The minimum absolute atomic E-state index is 0.0903. The van der Waals surface area contributed by atoms with Crippen molar-refractivity contribution in [1.29, 1.82) is 0 Å². The van der Waals surface area contributed by atoms with Crippen molar-refractivity contribution in [2.75, 3.05) is 0 Å². The standard InChI is InChI=1S/C6H10O4S/c1-3-5(7,8)11-6(9,10)4-2/h3-4,7-10H,1-2H2. The Morgan fingerprint density at radius 2 is 1.18 bits per heavy atom. The summed E-state index contributed by atoms with van der Waals surface area (Å²) in [6.45, 7) is 6.15. The molecular weight excluding hydrogens is 168 g/mol. The molecule has 0 aliphatic heterocycles. The third-order valence-corrected chi connectivity index (χ3v) is 1.77. The maximum Gasteiger partial charge on any atom is 0.238 e. The van der Waals surface area contributed by atoms with Gasteiger partial charge in [0.2, 0.25) is 10.2 Å². The third kappa shape index (κ3) is 4.18. The quantitative estimate of drug-likeness (QED) is 0.340. The van der Waals surface area contributed by atoms with Crippen LogP contribution in [0.4, 0.5) is 0 Å². The van der Waals surface area contributed by atoms with E-state index >= 15 is 0 Å².